The normalized spacial score (nSPS) is 12.8. The van der Waals surface area contributed by atoms with Crippen molar-refractivity contribution in [3.63, 3.8) is 0 Å². The molecule has 0 aromatic heterocycles. The molecule has 1 aromatic carbocycles. The average molecular weight is 357 g/mol. The van der Waals surface area contributed by atoms with E-state index in [0.29, 0.717) is 26.2 Å². The zero-order valence-electron chi connectivity index (χ0n) is 15.3. The Bertz CT molecular complexity index is 517. The van der Waals surface area contributed by atoms with E-state index in [9.17, 15) is 4.79 Å². The molecule has 1 atom stereocenters. The predicted molar refractivity (Wildman–Crippen MR) is 97.6 cm³/mol. The van der Waals surface area contributed by atoms with Crippen LogP contribution in [0.4, 0.5) is 4.79 Å². The fraction of sp³-hybridized carbons (Fsp3) is 0.611. The van der Waals surface area contributed by atoms with Gasteiger partial charge in [-0.25, -0.2) is 4.79 Å². The summed E-state index contributed by atoms with van der Waals surface area (Å²) in [6.45, 7) is 9.76. The highest BCUT2D eigenvalue weighted by Gasteiger charge is 2.22. The number of amides is 1. The topological polar surface area (TPSA) is 50.8 Å². The lowest BCUT2D eigenvalue weighted by Crippen LogP contribution is -2.42. The fourth-order valence-electron chi connectivity index (χ4n) is 2.17. The van der Waals surface area contributed by atoms with Crippen LogP contribution in [0, 0.1) is 0 Å². The Morgan fingerprint density at radius 2 is 1.96 bits per heavy atom. The number of methoxy groups -OCH3 is 1. The number of nitrogens with zero attached hydrogens (tertiary/aromatic N) is 1. The average Bonchev–Trinajstić information content (AvgIpc) is 2.49. The second kappa shape index (κ2) is 9.87. The summed E-state index contributed by atoms with van der Waals surface area (Å²) in [4.78, 5) is 13.9. The van der Waals surface area contributed by atoms with Gasteiger partial charge in [-0.2, -0.15) is 0 Å². The monoisotopic (exact) mass is 356 g/mol. The number of carbonyl (C=O) groups excluding carboxylic acids is 1. The van der Waals surface area contributed by atoms with Crippen molar-refractivity contribution in [2.75, 3.05) is 33.4 Å². The van der Waals surface area contributed by atoms with Crippen molar-refractivity contribution in [2.45, 2.75) is 39.3 Å². The minimum absolute atomic E-state index is 0.0987. The Balaban J connectivity index is 2.55. The second-order valence-corrected chi connectivity index (χ2v) is 7.06. The highest BCUT2D eigenvalue weighted by molar-refractivity contribution is 6.31. The lowest BCUT2D eigenvalue weighted by molar-refractivity contribution is 0.0203. The molecule has 24 heavy (non-hydrogen) atoms. The van der Waals surface area contributed by atoms with Crippen LogP contribution in [0.25, 0.3) is 0 Å². The summed E-state index contributed by atoms with van der Waals surface area (Å²) in [5, 5.41) is 4.13. The zero-order valence-corrected chi connectivity index (χ0v) is 16.0. The van der Waals surface area contributed by atoms with Gasteiger partial charge in [-0.05, 0) is 39.3 Å². The molecule has 0 radical (unpaired) electrons. The molecule has 1 amide bonds. The van der Waals surface area contributed by atoms with Crippen LogP contribution >= 0.6 is 11.6 Å². The Kier molecular flexibility index (Phi) is 8.53. The molecule has 136 valence electrons. The first kappa shape index (κ1) is 20.7. The maximum atomic E-state index is 12.3. The molecule has 0 saturated carbocycles. The molecule has 1 N–H and O–H groups in total. The van der Waals surface area contributed by atoms with Crippen LogP contribution in [0.3, 0.4) is 0 Å². The smallest absolute Gasteiger partial charge is 0.410 e. The van der Waals surface area contributed by atoms with Gasteiger partial charge in [0.2, 0.25) is 0 Å². The largest absolute Gasteiger partial charge is 0.444 e. The molecule has 0 spiro atoms. The van der Waals surface area contributed by atoms with Gasteiger partial charge in [0.15, 0.2) is 0 Å². The molecule has 5 nitrogen and oxygen atoms in total. The van der Waals surface area contributed by atoms with E-state index in [-0.39, 0.29) is 12.1 Å². The van der Waals surface area contributed by atoms with Crippen LogP contribution < -0.4 is 5.32 Å². The third-order valence-corrected chi connectivity index (χ3v) is 3.77. The first-order valence-corrected chi connectivity index (χ1v) is 8.57. The summed E-state index contributed by atoms with van der Waals surface area (Å²) in [6, 6.07) is 7.84. The number of benzene rings is 1. The number of hydrogen-bond donors (Lipinski definition) is 1. The summed E-state index contributed by atoms with van der Waals surface area (Å²) < 4.78 is 10.5. The summed E-state index contributed by atoms with van der Waals surface area (Å²) in [5.41, 5.74) is 0.528. The Morgan fingerprint density at radius 1 is 1.29 bits per heavy atom. The summed E-state index contributed by atoms with van der Waals surface area (Å²) in [7, 11) is 1.62. The number of nitrogens with one attached hydrogen (secondary N) is 1. The van der Waals surface area contributed by atoms with E-state index in [1.165, 1.54) is 0 Å². The van der Waals surface area contributed by atoms with E-state index in [2.05, 4.69) is 5.32 Å². The van der Waals surface area contributed by atoms with E-state index < -0.39 is 5.60 Å². The predicted octanol–water partition coefficient (Wildman–Crippen LogP) is 3.87. The van der Waals surface area contributed by atoms with Gasteiger partial charge in [-0.3, -0.25) is 0 Å². The summed E-state index contributed by atoms with van der Waals surface area (Å²) >= 11 is 6.21. The standard InChI is InChI=1S/C18H29ClN2O3/c1-14(15-8-6-7-9-16(15)19)20-10-11-21(12-13-23-5)17(22)24-18(2,3)4/h6-9,14,20H,10-13H2,1-5H3. The van der Waals surface area contributed by atoms with E-state index in [4.69, 9.17) is 21.1 Å². The molecule has 0 bridgehead atoms. The third-order valence-electron chi connectivity index (χ3n) is 3.42. The van der Waals surface area contributed by atoms with Gasteiger partial charge >= 0.3 is 6.09 Å². The Hall–Kier alpha value is -1.30. The molecule has 0 heterocycles. The minimum Gasteiger partial charge on any atom is -0.444 e. The first-order chi connectivity index (χ1) is 11.2. The number of carbonyl (C=O) groups is 1. The second-order valence-electron chi connectivity index (χ2n) is 6.66. The van der Waals surface area contributed by atoms with Crippen LogP contribution in [-0.4, -0.2) is 49.9 Å². The zero-order chi connectivity index (χ0) is 18.2. The van der Waals surface area contributed by atoms with Crippen LogP contribution in [0.1, 0.15) is 39.3 Å². The van der Waals surface area contributed by atoms with Crippen LogP contribution in [0.15, 0.2) is 24.3 Å². The molecule has 1 unspecified atom stereocenters. The molecular formula is C18H29ClN2O3. The van der Waals surface area contributed by atoms with Crippen LogP contribution in [-0.2, 0) is 9.47 Å². The van der Waals surface area contributed by atoms with Crippen molar-refractivity contribution in [1.82, 2.24) is 10.2 Å². The maximum Gasteiger partial charge on any atom is 0.410 e. The van der Waals surface area contributed by atoms with Gasteiger partial charge in [-0.1, -0.05) is 29.8 Å². The molecule has 0 fully saturated rings. The number of hydrogen-bond acceptors (Lipinski definition) is 4. The highest BCUT2D eigenvalue weighted by Crippen LogP contribution is 2.21. The lowest BCUT2D eigenvalue weighted by Gasteiger charge is -2.28. The molecule has 0 aliphatic carbocycles. The summed E-state index contributed by atoms with van der Waals surface area (Å²) in [5.74, 6) is 0. The third kappa shape index (κ3) is 7.51. The van der Waals surface area contributed by atoms with Crippen molar-refractivity contribution in [2.24, 2.45) is 0 Å². The van der Waals surface area contributed by atoms with Gasteiger partial charge in [0.05, 0.1) is 6.61 Å². The number of halogens is 1. The van der Waals surface area contributed by atoms with E-state index in [1.54, 1.807) is 12.0 Å². The Labute approximate surface area is 150 Å². The molecule has 0 aliphatic heterocycles. The van der Waals surface area contributed by atoms with Crippen molar-refractivity contribution >= 4 is 17.7 Å². The molecule has 6 heteroatoms. The van der Waals surface area contributed by atoms with Crippen LogP contribution in [0.2, 0.25) is 5.02 Å². The maximum absolute atomic E-state index is 12.3. The lowest BCUT2D eigenvalue weighted by atomic mass is 10.1. The van der Waals surface area contributed by atoms with Crippen molar-refractivity contribution < 1.29 is 14.3 Å². The van der Waals surface area contributed by atoms with Gasteiger partial charge in [0, 0.05) is 37.8 Å². The van der Waals surface area contributed by atoms with Gasteiger partial charge < -0.3 is 19.7 Å². The first-order valence-electron chi connectivity index (χ1n) is 8.19. The van der Waals surface area contributed by atoms with E-state index in [1.807, 2.05) is 52.0 Å². The SMILES string of the molecule is COCCN(CCNC(C)c1ccccc1Cl)C(=O)OC(C)(C)C. The van der Waals surface area contributed by atoms with E-state index in [0.717, 1.165) is 10.6 Å². The van der Waals surface area contributed by atoms with Crippen molar-refractivity contribution in [3.8, 4) is 0 Å². The van der Waals surface area contributed by atoms with Crippen molar-refractivity contribution in [3.05, 3.63) is 34.9 Å². The molecule has 0 aliphatic rings. The Morgan fingerprint density at radius 3 is 2.54 bits per heavy atom. The summed E-state index contributed by atoms with van der Waals surface area (Å²) in [6.07, 6.45) is -0.327. The van der Waals surface area contributed by atoms with Gasteiger partial charge in [0.25, 0.3) is 0 Å². The minimum atomic E-state index is -0.513. The number of ether oxygens (including phenoxy) is 2. The van der Waals surface area contributed by atoms with Gasteiger partial charge in [-0.15, -0.1) is 0 Å². The molecule has 0 saturated heterocycles. The fourth-order valence-corrected chi connectivity index (χ4v) is 2.47. The molecule has 1 aromatic rings. The van der Waals surface area contributed by atoms with Crippen molar-refractivity contribution in [1.29, 1.82) is 0 Å². The van der Waals surface area contributed by atoms with Gasteiger partial charge in [0.1, 0.15) is 5.60 Å². The molecule has 1 rings (SSSR count). The number of rotatable bonds is 8. The van der Waals surface area contributed by atoms with Crippen LogP contribution in [0.5, 0.6) is 0 Å². The van der Waals surface area contributed by atoms with E-state index >= 15 is 0 Å². The highest BCUT2D eigenvalue weighted by atomic mass is 35.5. The molecular weight excluding hydrogens is 328 g/mol. The quantitative estimate of drug-likeness (QED) is 0.768.